The van der Waals surface area contributed by atoms with E-state index in [1.54, 1.807) is 25.3 Å². The number of rotatable bonds is 4. The highest BCUT2D eigenvalue weighted by atomic mass is 19.1. The van der Waals surface area contributed by atoms with E-state index in [4.69, 9.17) is 4.74 Å². The predicted molar refractivity (Wildman–Crippen MR) is 123 cm³/mol. The Kier molecular flexibility index (Phi) is 4.95. The Bertz CT molecular complexity index is 1430. The molecule has 6 nitrogen and oxygen atoms in total. The van der Waals surface area contributed by atoms with Crippen LogP contribution in [-0.4, -0.2) is 39.1 Å². The Morgan fingerprint density at radius 3 is 2.65 bits per heavy atom. The molecular formula is C26H25F2N3O3. The summed E-state index contributed by atoms with van der Waals surface area (Å²) in [6, 6.07) is 6.89. The number of hydrogen-bond donors (Lipinski definition) is 2. The van der Waals surface area contributed by atoms with Gasteiger partial charge < -0.3 is 14.4 Å². The zero-order chi connectivity index (χ0) is 23.6. The van der Waals surface area contributed by atoms with Crippen LogP contribution in [0.1, 0.15) is 54.3 Å². The number of aromatic nitrogens is 3. The maximum absolute atomic E-state index is 16.1. The van der Waals surface area contributed by atoms with Crippen molar-refractivity contribution in [2.45, 2.75) is 44.4 Å². The topological polar surface area (TPSA) is 80.1 Å². The van der Waals surface area contributed by atoms with Crippen molar-refractivity contribution in [3.63, 3.8) is 0 Å². The van der Waals surface area contributed by atoms with E-state index in [2.05, 4.69) is 14.8 Å². The van der Waals surface area contributed by atoms with Gasteiger partial charge in [0.05, 0.1) is 17.6 Å². The molecule has 34 heavy (non-hydrogen) atoms. The van der Waals surface area contributed by atoms with Crippen LogP contribution < -0.4 is 0 Å². The fourth-order valence-electron chi connectivity index (χ4n) is 5.74. The first kappa shape index (κ1) is 21.3. The van der Waals surface area contributed by atoms with Crippen LogP contribution in [0.25, 0.3) is 27.5 Å². The fraction of sp³-hybridized carbons (Fsp3) is 0.385. The van der Waals surface area contributed by atoms with Crippen LogP contribution in [-0.2, 0) is 9.53 Å². The van der Waals surface area contributed by atoms with Crippen LogP contribution in [0.2, 0.25) is 0 Å². The summed E-state index contributed by atoms with van der Waals surface area (Å²) in [4.78, 5) is 11.6. The molecule has 8 heteroatoms. The molecule has 0 spiro atoms. The molecule has 6 rings (SSSR count). The number of fused-ring (bicyclic) bond motifs is 2. The summed E-state index contributed by atoms with van der Waals surface area (Å²) in [5, 5.41) is 17.5. The van der Waals surface area contributed by atoms with Crippen molar-refractivity contribution in [3.05, 3.63) is 58.9 Å². The van der Waals surface area contributed by atoms with Crippen LogP contribution in [0.4, 0.5) is 8.78 Å². The van der Waals surface area contributed by atoms with E-state index < -0.39 is 11.9 Å². The van der Waals surface area contributed by atoms with Crippen molar-refractivity contribution >= 4 is 27.8 Å². The predicted octanol–water partition coefficient (Wildman–Crippen LogP) is 5.57. The molecule has 0 atom stereocenters. The highest BCUT2D eigenvalue weighted by Gasteiger charge is 2.41. The van der Waals surface area contributed by atoms with Gasteiger partial charge in [-0.15, -0.1) is 0 Å². The van der Waals surface area contributed by atoms with Gasteiger partial charge in [0.15, 0.2) is 5.82 Å². The van der Waals surface area contributed by atoms with Gasteiger partial charge in [0.1, 0.15) is 11.3 Å². The quantitative estimate of drug-likeness (QED) is 0.413. The summed E-state index contributed by atoms with van der Waals surface area (Å²) in [5.41, 5.74) is 4.21. The number of aliphatic carboxylic acids is 1. The molecule has 1 aliphatic heterocycles. The number of carboxylic acid groups (broad SMARTS) is 1. The van der Waals surface area contributed by atoms with Crippen LogP contribution in [0, 0.1) is 24.5 Å². The Hall–Kier alpha value is -3.26. The van der Waals surface area contributed by atoms with E-state index in [1.165, 1.54) is 6.07 Å². The number of nitrogens with one attached hydrogen (secondary N) is 1. The highest BCUT2D eigenvalue weighted by Crippen LogP contribution is 2.51. The molecule has 2 N–H and O–H groups in total. The van der Waals surface area contributed by atoms with Gasteiger partial charge in [-0.3, -0.25) is 9.89 Å². The lowest BCUT2D eigenvalue weighted by Crippen LogP contribution is -2.30. The molecule has 0 bridgehead atoms. The summed E-state index contributed by atoms with van der Waals surface area (Å²) in [6.07, 6.45) is 4.14. The maximum Gasteiger partial charge on any atom is 0.306 e. The van der Waals surface area contributed by atoms with Crippen molar-refractivity contribution in [2.24, 2.45) is 5.92 Å². The molecule has 2 aliphatic rings. The summed E-state index contributed by atoms with van der Waals surface area (Å²) in [6.45, 7) is 2.95. The third-order valence-electron chi connectivity index (χ3n) is 7.59. The number of halogens is 2. The number of aryl methyl sites for hydroxylation is 1. The van der Waals surface area contributed by atoms with Gasteiger partial charge in [-0.25, -0.2) is 8.78 Å². The second-order valence-corrected chi connectivity index (χ2v) is 9.58. The minimum absolute atomic E-state index is 0.0564. The summed E-state index contributed by atoms with van der Waals surface area (Å²) in [5.74, 6) is -1.82. The van der Waals surface area contributed by atoms with Crippen LogP contribution in [0.3, 0.4) is 0 Å². The zero-order valence-corrected chi connectivity index (χ0v) is 18.8. The standard InChI is InChI=1S/C26H25F2N3O3/c1-13-8-18(2-3-19(13)27)31-20-11-17-12-29-30-24(17)23(28)22(20)21(15-9-16(10-15)26(32)33)25(31)14-4-6-34-7-5-14/h2-3,8,11-12,14-16H,4-7,9-10H2,1H3,(H,29,30)(H,32,33). The van der Waals surface area contributed by atoms with E-state index in [9.17, 15) is 14.3 Å². The van der Waals surface area contributed by atoms with Crippen molar-refractivity contribution in [3.8, 4) is 5.69 Å². The molecule has 1 aliphatic carbocycles. The third-order valence-corrected chi connectivity index (χ3v) is 7.59. The molecule has 2 aromatic heterocycles. The molecule has 4 aromatic rings. The van der Waals surface area contributed by atoms with Gasteiger partial charge >= 0.3 is 5.97 Å². The number of benzene rings is 2. The van der Waals surface area contributed by atoms with E-state index >= 15 is 4.39 Å². The Labute approximate surface area is 194 Å². The Balaban J connectivity index is 1.69. The number of carboxylic acids is 1. The summed E-state index contributed by atoms with van der Waals surface area (Å²) < 4.78 is 37.9. The second-order valence-electron chi connectivity index (χ2n) is 9.58. The van der Waals surface area contributed by atoms with E-state index in [0.717, 1.165) is 29.8 Å². The molecule has 176 valence electrons. The van der Waals surface area contributed by atoms with Gasteiger partial charge in [-0.1, -0.05) is 0 Å². The Morgan fingerprint density at radius 2 is 1.94 bits per heavy atom. The smallest absolute Gasteiger partial charge is 0.306 e. The van der Waals surface area contributed by atoms with Crippen molar-refractivity contribution in [2.75, 3.05) is 13.2 Å². The Morgan fingerprint density at radius 1 is 1.18 bits per heavy atom. The summed E-state index contributed by atoms with van der Waals surface area (Å²) in [7, 11) is 0. The largest absolute Gasteiger partial charge is 0.481 e. The molecular weight excluding hydrogens is 440 g/mol. The summed E-state index contributed by atoms with van der Waals surface area (Å²) >= 11 is 0. The maximum atomic E-state index is 16.1. The average Bonchev–Trinajstić information content (AvgIpc) is 3.39. The van der Waals surface area contributed by atoms with Crippen molar-refractivity contribution < 1.29 is 23.4 Å². The van der Waals surface area contributed by atoms with Gasteiger partial charge in [0, 0.05) is 41.3 Å². The fourth-order valence-corrected chi connectivity index (χ4v) is 5.74. The zero-order valence-electron chi connectivity index (χ0n) is 18.8. The van der Waals surface area contributed by atoms with Gasteiger partial charge in [-0.05, 0) is 73.9 Å². The monoisotopic (exact) mass is 465 g/mol. The molecule has 3 heterocycles. The minimum Gasteiger partial charge on any atom is -0.481 e. The van der Waals surface area contributed by atoms with Crippen LogP contribution in [0.5, 0.6) is 0 Å². The van der Waals surface area contributed by atoms with Crippen LogP contribution >= 0.6 is 0 Å². The molecule has 1 saturated heterocycles. The van der Waals surface area contributed by atoms with Crippen molar-refractivity contribution in [1.29, 1.82) is 0 Å². The van der Waals surface area contributed by atoms with Crippen LogP contribution in [0.15, 0.2) is 30.5 Å². The molecule has 0 amide bonds. The number of nitrogens with zero attached hydrogens (tertiary/aromatic N) is 2. The number of ether oxygens (including phenoxy) is 1. The SMILES string of the molecule is Cc1cc(-n2c(C3CCOCC3)c(C3CC(C(=O)O)C3)c3c(F)c4[nH]ncc4cc32)ccc1F. The lowest BCUT2D eigenvalue weighted by Gasteiger charge is -2.35. The lowest BCUT2D eigenvalue weighted by atomic mass is 9.69. The third kappa shape index (κ3) is 3.15. The first-order valence-electron chi connectivity index (χ1n) is 11.7. The average molecular weight is 466 g/mol. The van der Waals surface area contributed by atoms with E-state index in [-0.39, 0.29) is 23.5 Å². The first-order chi connectivity index (χ1) is 16.4. The molecule has 1 saturated carbocycles. The highest BCUT2D eigenvalue weighted by molar-refractivity contribution is 6.00. The first-order valence-corrected chi connectivity index (χ1v) is 11.7. The molecule has 2 fully saturated rings. The molecule has 2 aromatic carbocycles. The van der Waals surface area contributed by atoms with Crippen molar-refractivity contribution in [1.82, 2.24) is 14.8 Å². The normalized spacial score (nSPS) is 21.3. The van der Waals surface area contributed by atoms with Gasteiger partial charge in [0.25, 0.3) is 0 Å². The van der Waals surface area contributed by atoms with E-state index in [1.807, 2.05) is 6.07 Å². The van der Waals surface area contributed by atoms with E-state index in [0.29, 0.717) is 53.4 Å². The number of H-pyrrole nitrogens is 1. The van der Waals surface area contributed by atoms with Gasteiger partial charge in [0.2, 0.25) is 0 Å². The second kappa shape index (κ2) is 7.91. The number of hydrogen-bond acceptors (Lipinski definition) is 3. The number of carbonyl (C=O) groups is 1. The molecule has 0 radical (unpaired) electrons. The molecule has 0 unspecified atom stereocenters. The number of aromatic amines is 1. The lowest BCUT2D eigenvalue weighted by molar-refractivity contribution is -0.145. The minimum atomic E-state index is -0.807. The van der Waals surface area contributed by atoms with Gasteiger partial charge in [-0.2, -0.15) is 5.10 Å².